The predicted molar refractivity (Wildman–Crippen MR) is 83.0 cm³/mol. The molecule has 1 aromatic rings. The Labute approximate surface area is 121 Å². The molecule has 1 aromatic carbocycles. The Balaban J connectivity index is 2.80. The van der Waals surface area contributed by atoms with Gasteiger partial charge in [0.15, 0.2) is 0 Å². The topological polar surface area (TPSA) is 35.5 Å². The average Bonchev–Trinajstić information content (AvgIpc) is 2.37. The summed E-state index contributed by atoms with van der Waals surface area (Å²) < 4.78 is 0. The van der Waals surface area contributed by atoms with Crippen LogP contribution in [0.1, 0.15) is 32.8 Å². The normalized spacial score (nSPS) is 11.1. The Bertz CT molecular complexity index is 382. The second-order valence-corrected chi connectivity index (χ2v) is 5.38. The quantitative estimate of drug-likeness (QED) is 0.720. The molecule has 0 aliphatic heterocycles. The van der Waals surface area contributed by atoms with E-state index in [2.05, 4.69) is 37.1 Å². The van der Waals surface area contributed by atoms with E-state index >= 15 is 0 Å². The van der Waals surface area contributed by atoms with Crippen molar-refractivity contribution in [1.29, 1.82) is 0 Å². The third-order valence-electron chi connectivity index (χ3n) is 3.04. The van der Waals surface area contributed by atoms with Crippen molar-refractivity contribution in [3.63, 3.8) is 0 Å². The first-order chi connectivity index (χ1) is 9.10. The van der Waals surface area contributed by atoms with E-state index in [-0.39, 0.29) is 6.61 Å². The number of rotatable bonds is 8. The Hall–Kier alpha value is -0.770. The summed E-state index contributed by atoms with van der Waals surface area (Å²) >= 11 is 6.37. The molecule has 1 rings (SSSR count). The number of aliphatic hydroxyl groups is 1. The van der Waals surface area contributed by atoms with Gasteiger partial charge in [0.05, 0.1) is 17.3 Å². The Morgan fingerprint density at radius 2 is 2.11 bits per heavy atom. The molecular weight excluding hydrogens is 260 g/mol. The van der Waals surface area contributed by atoms with Gasteiger partial charge in [0, 0.05) is 19.1 Å². The maximum atomic E-state index is 9.14. The molecule has 0 saturated carbocycles. The van der Waals surface area contributed by atoms with Gasteiger partial charge in [-0.05, 0) is 44.5 Å². The number of benzene rings is 1. The first kappa shape index (κ1) is 16.3. The third-order valence-corrected chi connectivity index (χ3v) is 3.34. The molecule has 0 spiro atoms. The van der Waals surface area contributed by atoms with Crippen LogP contribution in [0.4, 0.5) is 5.69 Å². The van der Waals surface area contributed by atoms with Crippen LogP contribution in [0, 0.1) is 0 Å². The number of nitrogens with zero attached hydrogens (tertiary/aromatic N) is 1. The summed E-state index contributed by atoms with van der Waals surface area (Å²) in [5.74, 6) is 0. The molecule has 0 heterocycles. The maximum Gasteiger partial charge on any atom is 0.0642 e. The number of anilines is 1. The fourth-order valence-corrected chi connectivity index (χ4v) is 2.38. The number of hydrogen-bond donors (Lipinski definition) is 2. The van der Waals surface area contributed by atoms with E-state index < -0.39 is 0 Å². The second kappa shape index (κ2) is 8.41. The van der Waals surface area contributed by atoms with E-state index in [4.69, 9.17) is 16.7 Å². The van der Waals surface area contributed by atoms with Gasteiger partial charge in [0.25, 0.3) is 0 Å². The molecule has 0 fully saturated rings. The van der Waals surface area contributed by atoms with Gasteiger partial charge in [0.1, 0.15) is 0 Å². The highest BCUT2D eigenvalue weighted by Gasteiger charge is 2.13. The summed E-state index contributed by atoms with van der Waals surface area (Å²) in [7, 11) is 0. The van der Waals surface area contributed by atoms with Gasteiger partial charge >= 0.3 is 0 Å². The molecule has 0 radical (unpaired) electrons. The van der Waals surface area contributed by atoms with Gasteiger partial charge in [-0.25, -0.2) is 0 Å². The zero-order valence-corrected chi connectivity index (χ0v) is 12.9. The molecule has 0 unspecified atom stereocenters. The first-order valence-corrected chi connectivity index (χ1v) is 7.34. The van der Waals surface area contributed by atoms with Gasteiger partial charge in [-0.2, -0.15) is 0 Å². The third kappa shape index (κ3) is 5.01. The number of aliphatic hydroxyl groups excluding tert-OH is 1. The summed E-state index contributed by atoms with van der Waals surface area (Å²) in [5.41, 5.74) is 2.18. The maximum absolute atomic E-state index is 9.14. The Morgan fingerprint density at radius 3 is 2.63 bits per heavy atom. The van der Waals surface area contributed by atoms with E-state index in [1.165, 1.54) is 5.56 Å². The molecule has 108 valence electrons. The van der Waals surface area contributed by atoms with E-state index in [0.29, 0.717) is 12.6 Å². The molecule has 0 saturated heterocycles. The van der Waals surface area contributed by atoms with Gasteiger partial charge in [0.2, 0.25) is 0 Å². The average molecular weight is 285 g/mol. The van der Waals surface area contributed by atoms with Crippen LogP contribution in [0.15, 0.2) is 18.2 Å². The van der Waals surface area contributed by atoms with Crippen LogP contribution in [0.2, 0.25) is 5.02 Å². The number of nitrogens with one attached hydrogen (secondary N) is 1. The van der Waals surface area contributed by atoms with Crippen molar-refractivity contribution in [1.82, 2.24) is 5.32 Å². The zero-order valence-electron chi connectivity index (χ0n) is 12.1. The molecule has 0 atom stereocenters. The summed E-state index contributed by atoms with van der Waals surface area (Å²) in [5, 5.41) is 13.3. The lowest BCUT2D eigenvalue weighted by atomic mass is 10.1. The van der Waals surface area contributed by atoms with Gasteiger partial charge in [-0.1, -0.05) is 24.6 Å². The molecule has 4 heteroatoms. The molecular formula is C15H25ClN2O. The van der Waals surface area contributed by atoms with Crippen molar-refractivity contribution in [3.8, 4) is 0 Å². The zero-order chi connectivity index (χ0) is 14.3. The lowest BCUT2D eigenvalue weighted by Gasteiger charge is -2.29. The van der Waals surface area contributed by atoms with Crippen molar-refractivity contribution in [3.05, 3.63) is 28.8 Å². The van der Waals surface area contributed by atoms with Crippen LogP contribution >= 0.6 is 11.6 Å². The largest absolute Gasteiger partial charge is 0.395 e. The molecule has 0 bridgehead atoms. The van der Waals surface area contributed by atoms with E-state index in [1.807, 2.05) is 12.1 Å². The van der Waals surface area contributed by atoms with Crippen LogP contribution in [0.3, 0.4) is 0 Å². The molecule has 0 aliphatic rings. The van der Waals surface area contributed by atoms with Crippen LogP contribution in [0.25, 0.3) is 0 Å². The lowest BCUT2D eigenvalue weighted by molar-refractivity contribution is 0.299. The first-order valence-electron chi connectivity index (χ1n) is 6.96. The minimum absolute atomic E-state index is 0.133. The number of halogens is 1. The molecule has 0 amide bonds. The second-order valence-electron chi connectivity index (χ2n) is 4.97. The summed E-state index contributed by atoms with van der Waals surface area (Å²) in [4.78, 5) is 2.12. The van der Waals surface area contributed by atoms with Crippen molar-refractivity contribution >= 4 is 17.3 Å². The highest BCUT2D eigenvalue weighted by Crippen LogP contribution is 2.28. The molecule has 0 aromatic heterocycles. The molecule has 19 heavy (non-hydrogen) atoms. The molecule has 3 nitrogen and oxygen atoms in total. The predicted octanol–water partition coefficient (Wildman–Crippen LogP) is 3.05. The van der Waals surface area contributed by atoms with E-state index in [0.717, 1.165) is 30.2 Å². The standard InChI is InChI=1S/C15H25ClN2O/c1-4-7-17-11-13-5-6-15(14(16)10-13)18(8-9-19)12(2)3/h5-6,10,12,17,19H,4,7-9,11H2,1-3H3. The highest BCUT2D eigenvalue weighted by molar-refractivity contribution is 6.33. The Kier molecular flexibility index (Phi) is 7.21. The van der Waals surface area contributed by atoms with Crippen LogP contribution in [-0.2, 0) is 6.54 Å². The minimum Gasteiger partial charge on any atom is -0.395 e. The van der Waals surface area contributed by atoms with Crippen LogP contribution in [-0.4, -0.2) is 30.8 Å². The van der Waals surface area contributed by atoms with Crippen LogP contribution < -0.4 is 10.2 Å². The number of hydrogen-bond acceptors (Lipinski definition) is 3. The Morgan fingerprint density at radius 1 is 1.37 bits per heavy atom. The van der Waals surface area contributed by atoms with Crippen LogP contribution in [0.5, 0.6) is 0 Å². The van der Waals surface area contributed by atoms with Gasteiger partial charge < -0.3 is 15.3 Å². The SMILES string of the molecule is CCCNCc1ccc(N(CCO)C(C)C)c(Cl)c1. The van der Waals surface area contributed by atoms with E-state index in [9.17, 15) is 0 Å². The van der Waals surface area contributed by atoms with Crippen molar-refractivity contribution < 1.29 is 5.11 Å². The minimum atomic E-state index is 0.133. The molecule has 0 aliphatic carbocycles. The lowest BCUT2D eigenvalue weighted by Crippen LogP contribution is -2.33. The van der Waals surface area contributed by atoms with Crippen molar-refractivity contribution in [2.24, 2.45) is 0 Å². The smallest absolute Gasteiger partial charge is 0.0642 e. The fraction of sp³-hybridized carbons (Fsp3) is 0.600. The van der Waals surface area contributed by atoms with Crippen molar-refractivity contribution in [2.75, 3.05) is 24.6 Å². The molecule has 2 N–H and O–H groups in total. The fourth-order valence-electron chi connectivity index (χ4n) is 2.07. The monoisotopic (exact) mass is 284 g/mol. The van der Waals surface area contributed by atoms with Gasteiger partial charge in [-0.15, -0.1) is 0 Å². The summed E-state index contributed by atoms with van der Waals surface area (Å²) in [6.07, 6.45) is 1.13. The highest BCUT2D eigenvalue weighted by atomic mass is 35.5. The van der Waals surface area contributed by atoms with Crippen molar-refractivity contribution in [2.45, 2.75) is 39.8 Å². The summed E-state index contributed by atoms with van der Waals surface area (Å²) in [6.45, 7) is 8.94. The van der Waals surface area contributed by atoms with Gasteiger partial charge in [-0.3, -0.25) is 0 Å². The summed E-state index contributed by atoms with van der Waals surface area (Å²) in [6, 6.07) is 6.46. The van der Waals surface area contributed by atoms with E-state index in [1.54, 1.807) is 0 Å².